The van der Waals surface area contributed by atoms with Gasteiger partial charge in [0, 0.05) is 12.6 Å². The smallest absolute Gasteiger partial charge is 0.0468 e. The summed E-state index contributed by atoms with van der Waals surface area (Å²) < 4.78 is 0. The van der Waals surface area contributed by atoms with Crippen LogP contribution in [0.5, 0.6) is 0 Å². The van der Waals surface area contributed by atoms with Gasteiger partial charge in [-0.3, -0.25) is 0 Å². The largest absolute Gasteiger partial charge is 0.396 e. The molecule has 1 heterocycles. The van der Waals surface area contributed by atoms with Crippen molar-refractivity contribution in [2.24, 2.45) is 5.92 Å². The van der Waals surface area contributed by atoms with Crippen LogP contribution < -0.4 is 5.32 Å². The zero-order valence-electron chi connectivity index (χ0n) is 10.2. The SMILES string of the molecule is CC(CO)CNCCC1CCCCN1C. The molecule has 1 saturated heterocycles. The quantitative estimate of drug-likeness (QED) is 0.650. The van der Waals surface area contributed by atoms with Gasteiger partial charge in [-0.05, 0) is 51.9 Å². The van der Waals surface area contributed by atoms with Crippen LogP contribution in [0.4, 0.5) is 0 Å². The molecule has 0 aromatic rings. The first-order valence-corrected chi connectivity index (χ1v) is 6.26. The second-order valence-electron chi connectivity index (χ2n) is 4.91. The summed E-state index contributed by atoms with van der Waals surface area (Å²) in [4.78, 5) is 2.49. The van der Waals surface area contributed by atoms with Crippen LogP contribution >= 0.6 is 0 Å². The monoisotopic (exact) mass is 214 g/mol. The highest BCUT2D eigenvalue weighted by Crippen LogP contribution is 2.16. The summed E-state index contributed by atoms with van der Waals surface area (Å²) in [5.74, 6) is 0.383. The molecule has 1 fully saturated rings. The van der Waals surface area contributed by atoms with E-state index in [1.807, 2.05) is 0 Å². The minimum atomic E-state index is 0.288. The molecule has 0 aliphatic carbocycles. The van der Waals surface area contributed by atoms with Gasteiger partial charge < -0.3 is 15.3 Å². The predicted octanol–water partition coefficient (Wildman–Crippen LogP) is 1.08. The van der Waals surface area contributed by atoms with Gasteiger partial charge >= 0.3 is 0 Å². The molecule has 0 radical (unpaired) electrons. The molecule has 2 N–H and O–H groups in total. The standard InChI is InChI=1S/C12H26N2O/c1-11(10-15)9-13-7-6-12-5-3-4-8-14(12)2/h11-13,15H,3-10H2,1-2H3. The van der Waals surface area contributed by atoms with Crippen LogP contribution in [0.25, 0.3) is 0 Å². The van der Waals surface area contributed by atoms with Crippen LogP contribution in [0, 0.1) is 5.92 Å². The highest BCUT2D eigenvalue weighted by molar-refractivity contribution is 4.74. The van der Waals surface area contributed by atoms with Gasteiger partial charge in [-0.2, -0.15) is 0 Å². The van der Waals surface area contributed by atoms with E-state index in [9.17, 15) is 0 Å². The summed E-state index contributed by atoms with van der Waals surface area (Å²) in [6.45, 7) is 5.64. The lowest BCUT2D eigenvalue weighted by Gasteiger charge is -2.32. The number of aliphatic hydroxyl groups is 1. The normalized spacial score (nSPS) is 25.4. The number of hydrogen-bond acceptors (Lipinski definition) is 3. The van der Waals surface area contributed by atoms with Crippen LogP contribution in [0.15, 0.2) is 0 Å². The van der Waals surface area contributed by atoms with E-state index in [1.165, 1.54) is 32.2 Å². The van der Waals surface area contributed by atoms with Crippen LogP contribution in [-0.4, -0.2) is 49.3 Å². The summed E-state index contributed by atoms with van der Waals surface area (Å²) in [5, 5.41) is 12.3. The van der Waals surface area contributed by atoms with E-state index in [0.29, 0.717) is 5.92 Å². The number of likely N-dealkylation sites (tertiary alicyclic amines) is 1. The summed E-state index contributed by atoms with van der Waals surface area (Å²) in [6.07, 6.45) is 5.35. The molecule has 2 unspecified atom stereocenters. The highest BCUT2D eigenvalue weighted by Gasteiger charge is 2.17. The van der Waals surface area contributed by atoms with Crippen molar-refractivity contribution in [3.05, 3.63) is 0 Å². The lowest BCUT2D eigenvalue weighted by atomic mass is 10.0. The third-order valence-corrected chi connectivity index (χ3v) is 3.38. The molecule has 0 aromatic carbocycles. The first kappa shape index (κ1) is 12.9. The summed E-state index contributed by atoms with van der Waals surface area (Å²) in [5.41, 5.74) is 0. The number of rotatable bonds is 6. The maximum absolute atomic E-state index is 8.88. The Morgan fingerprint density at radius 2 is 2.27 bits per heavy atom. The zero-order valence-corrected chi connectivity index (χ0v) is 10.2. The summed E-state index contributed by atoms with van der Waals surface area (Å²) in [7, 11) is 2.24. The number of aliphatic hydroxyl groups excluding tert-OH is 1. The van der Waals surface area contributed by atoms with Gasteiger partial charge in [-0.25, -0.2) is 0 Å². The number of hydrogen-bond donors (Lipinski definition) is 2. The fraction of sp³-hybridized carbons (Fsp3) is 1.00. The van der Waals surface area contributed by atoms with Crippen LogP contribution in [-0.2, 0) is 0 Å². The molecule has 90 valence electrons. The number of nitrogens with zero attached hydrogens (tertiary/aromatic N) is 1. The lowest BCUT2D eigenvalue weighted by Crippen LogP contribution is -2.38. The molecular formula is C12H26N2O. The summed E-state index contributed by atoms with van der Waals surface area (Å²) in [6, 6.07) is 0.774. The van der Waals surface area contributed by atoms with Crippen molar-refractivity contribution >= 4 is 0 Å². The Morgan fingerprint density at radius 1 is 1.47 bits per heavy atom. The van der Waals surface area contributed by atoms with Crippen LogP contribution in [0.2, 0.25) is 0 Å². The fourth-order valence-corrected chi connectivity index (χ4v) is 2.19. The third kappa shape index (κ3) is 4.96. The van der Waals surface area contributed by atoms with Gasteiger partial charge in [0.15, 0.2) is 0 Å². The maximum atomic E-state index is 8.88. The first-order chi connectivity index (χ1) is 7.24. The Labute approximate surface area is 93.9 Å². The van der Waals surface area contributed by atoms with Crippen molar-refractivity contribution in [1.29, 1.82) is 0 Å². The third-order valence-electron chi connectivity index (χ3n) is 3.38. The Balaban J connectivity index is 2.03. The van der Waals surface area contributed by atoms with E-state index in [-0.39, 0.29) is 6.61 Å². The molecule has 0 spiro atoms. The molecule has 3 heteroatoms. The van der Waals surface area contributed by atoms with Crippen LogP contribution in [0.1, 0.15) is 32.6 Å². The van der Waals surface area contributed by atoms with Crippen molar-refractivity contribution in [2.75, 3.05) is 33.3 Å². The lowest BCUT2D eigenvalue weighted by molar-refractivity contribution is 0.174. The fourth-order valence-electron chi connectivity index (χ4n) is 2.19. The van der Waals surface area contributed by atoms with Crippen molar-refractivity contribution in [2.45, 2.75) is 38.6 Å². The number of nitrogens with one attached hydrogen (secondary N) is 1. The molecular weight excluding hydrogens is 188 g/mol. The minimum absolute atomic E-state index is 0.288. The topological polar surface area (TPSA) is 35.5 Å². The van der Waals surface area contributed by atoms with Crippen molar-refractivity contribution in [3.8, 4) is 0 Å². The maximum Gasteiger partial charge on any atom is 0.0468 e. The molecule has 0 amide bonds. The molecule has 0 aromatic heterocycles. The second kappa shape index (κ2) is 7.20. The Morgan fingerprint density at radius 3 is 2.93 bits per heavy atom. The van der Waals surface area contributed by atoms with Gasteiger partial charge in [0.2, 0.25) is 0 Å². The number of piperidine rings is 1. The highest BCUT2D eigenvalue weighted by atomic mass is 16.3. The van der Waals surface area contributed by atoms with E-state index in [4.69, 9.17) is 5.11 Å². The Hall–Kier alpha value is -0.120. The van der Waals surface area contributed by atoms with Crippen LogP contribution in [0.3, 0.4) is 0 Å². The molecule has 15 heavy (non-hydrogen) atoms. The van der Waals surface area contributed by atoms with Gasteiger partial charge in [-0.1, -0.05) is 13.3 Å². The minimum Gasteiger partial charge on any atom is -0.396 e. The molecule has 3 nitrogen and oxygen atoms in total. The molecule has 1 aliphatic rings. The Bertz CT molecular complexity index is 164. The van der Waals surface area contributed by atoms with E-state index in [2.05, 4.69) is 24.2 Å². The van der Waals surface area contributed by atoms with Gasteiger partial charge in [0.05, 0.1) is 0 Å². The van der Waals surface area contributed by atoms with Gasteiger partial charge in [-0.15, -0.1) is 0 Å². The predicted molar refractivity (Wildman–Crippen MR) is 64.0 cm³/mol. The van der Waals surface area contributed by atoms with E-state index in [1.54, 1.807) is 0 Å². The average Bonchev–Trinajstić information content (AvgIpc) is 2.26. The molecule has 0 saturated carbocycles. The average molecular weight is 214 g/mol. The molecule has 0 bridgehead atoms. The Kier molecular flexibility index (Phi) is 6.22. The molecule has 2 atom stereocenters. The van der Waals surface area contributed by atoms with Crippen molar-refractivity contribution in [3.63, 3.8) is 0 Å². The van der Waals surface area contributed by atoms with E-state index >= 15 is 0 Å². The first-order valence-electron chi connectivity index (χ1n) is 6.26. The molecule has 1 aliphatic heterocycles. The molecule has 1 rings (SSSR count). The van der Waals surface area contributed by atoms with Gasteiger partial charge in [0.25, 0.3) is 0 Å². The van der Waals surface area contributed by atoms with Crippen molar-refractivity contribution < 1.29 is 5.11 Å². The second-order valence-corrected chi connectivity index (χ2v) is 4.91. The van der Waals surface area contributed by atoms with E-state index < -0.39 is 0 Å². The van der Waals surface area contributed by atoms with E-state index in [0.717, 1.165) is 19.1 Å². The van der Waals surface area contributed by atoms with Gasteiger partial charge in [0.1, 0.15) is 0 Å². The summed E-state index contributed by atoms with van der Waals surface area (Å²) >= 11 is 0. The zero-order chi connectivity index (χ0) is 11.1. The van der Waals surface area contributed by atoms with Crippen molar-refractivity contribution in [1.82, 2.24) is 10.2 Å².